The Morgan fingerprint density at radius 2 is 2.24 bits per heavy atom. The summed E-state index contributed by atoms with van der Waals surface area (Å²) in [6, 6.07) is 4.22. The third-order valence-corrected chi connectivity index (χ3v) is 3.51. The van der Waals surface area contributed by atoms with E-state index < -0.39 is 11.9 Å². The Morgan fingerprint density at radius 1 is 1.48 bits per heavy atom. The zero-order chi connectivity index (χ0) is 15.4. The van der Waals surface area contributed by atoms with Crippen LogP contribution in [0.4, 0.5) is 11.4 Å². The molecule has 1 heterocycles. The number of anilines is 2. The van der Waals surface area contributed by atoms with Crippen molar-refractivity contribution in [1.29, 1.82) is 0 Å². The second-order valence-corrected chi connectivity index (χ2v) is 5.16. The van der Waals surface area contributed by atoms with E-state index in [9.17, 15) is 9.59 Å². The molecule has 1 unspecified atom stereocenters. The van der Waals surface area contributed by atoms with Crippen LogP contribution in [0, 0.1) is 0 Å². The number of amides is 2. The summed E-state index contributed by atoms with van der Waals surface area (Å²) in [5, 5.41) is 3.07. The van der Waals surface area contributed by atoms with Crippen molar-refractivity contribution in [3.8, 4) is 0 Å². The fraction of sp³-hybridized carbons (Fsp3) is 0.385. The molecule has 0 aromatic heterocycles. The fourth-order valence-corrected chi connectivity index (χ4v) is 2.27. The molecule has 1 aliphatic heterocycles. The molecule has 1 aliphatic rings. The molecule has 0 aliphatic carbocycles. The molecule has 2 amide bonds. The molecule has 7 nitrogen and oxygen atoms in total. The first-order chi connectivity index (χ1) is 9.97. The van der Waals surface area contributed by atoms with Crippen molar-refractivity contribution in [1.82, 2.24) is 4.90 Å². The van der Waals surface area contributed by atoms with Crippen molar-refractivity contribution < 1.29 is 14.3 Å². The maximum atomic E-state index is 12.1. The van der Waals surface area contributed by atoms with E-state index in [2.05, 4.69) is 5.32 Å². The van der Waals surface area contributed by atoms with Crippen LogP contribution in [0.2, 0.25) is 5.02 Å². The molecule has 0 radical (unpaired) electrons. The van der Waals surface area contributed by atoms with Crippen LogP contribution in [0.15, 0.2) is 18.2 Å². The van der Waals surface area contributed by atoms with Gasteiger partial charge >= 0.3 is 0 Å². The van der Waals surface area contributed by atoms with Gasteiger partial charge in [-0.2, -0.15) is 0 Å². The van der Waals surface area contributed by atoms with Crippen molar-refractivity contribution in [2.75, 3.05) is 37.4 Å². The van der Waals surface area contributed by atoms with Gasteiger partial charge in [-0.25, -0.2) is 0 Å². The molecule has 0 bridgehead atoms. The van der Waals surface area contributed by atoms with Crippen LogP contribution in [-0.2, 0) is 14.3 Å². The number of primary amides is 1. The van der Waals surface area contributed by atoms with E-state index in [0.717, 1.165) is 0 Å². The maximum absolute atomic E-state index is 12.1. The fourth-order valence-electron chi connectivity index (χ4n) is 2.10. The number of halogens is 1. The minimum absolute atomic E-state index is 0.0299. The molecule has 2 rings (SSSR count). The molecule has 1 aromatic rings. The molecule has 1 saturated heterocycles. The number of nitrogens with one attached hydrogen (secondary N) is 1. The van der Waals surface area contributed by atoms with Crippen molar-refractivity contribution in [2.45, 2.75) is 6.04 Å². The number of nitrogens with two attached hydrogens (primary N) is 2. The normalized spacial score (nSPS) is 19.2. The summed E-state index contributed by atoms with van der Waals surface area (Å²) in [5.41, 5.74) is 11.9. The number of carbonyl (C=O) groups is 2. The van der Waals surface area contributed by atoms with E-state index in [-0.39, 0.29) is 19.1 Å². The minimum atomic E-state index is -0.596. The van der Waals surface area contributed by atoms with Crippen molar-refractivity contribution in [3.63, 3.8) is 0 Å². The zero-order valence-corrected chi connectivity index (χ0v) is 12.1. The van der Waals surface area contributed by atoms with Gasteiger partial charge in [-0.05, 0) is 18.2 Å². The Hall–Kier alpha value is -1.83. The molecule has 114 valence electrons. The van der Waals surface area contributed by atoms with E-state index in [1.807, 2.05) is 0 Å². The average Bonchev–Trinajstić information content (AvgIpc) is 2.43. The first kappa shape index (κ1) is 15.6. The van der Waals surface area contributed by atoms with Crippen LogP contribution in [0.5, 0.6) is 0 Å². The summed E-state index contributed by atoms with van der Waals surface area (Å²) in [4.78, 5) is 25.1. The summed E-state index contributed by atoms with van der Waals surface area (Å²) in [6.45, 7) is 1.14. The Bertz CT molecular complexity index is 552. The summed E-state index contributed by atoms with van der Waals surface area (Å²) < 4.78 is 5.20. The summed E-state index contributed by atoms with van der Waals surface area (Å²) in [7, 11) is 0. The molecule has 1 atom stereocenters. The smallest absolute Gasteiger partial charge is 0.238 e. The quantitative estimate of drug-likeness (QED) is 0.680. The van der Waals surface area contributed by atoms with Gasteiger partial charge < -0.3 is 21.5 Å². The van der Waals surface area contributed by atoms with Gasteiger partial charge in [0.2, 0.25) is 11.8 Å². The predicted molar refractivity (Wildman–Crippen MR) is 79.9 cm³/mol. The van der Waals surface area contributed by atoms with E-state index in [1.165, 1.54) is 0 Å². The lowest BCUT2D eigenvalue weighted by molar-refractivity contribution is -0.131. The number of nitrogens with zero attached hydrogens (tertiary/aromatic N) is 1. The Kier molecular flexibility index (Phi) is 5.00. The SMILES string of the molecule is NC(=O)C1COCCN1CC(=O)Nc1cc(N)ccc1Cl. The first-order valence-electron chi connectivity index (χ1n) is 6.43. The van der Waals surface area contributed by atoms with Crippen LogP contribution in [0.25, 0.3) is 0 Å². The maximum Gasteiger partial charge on any atom is 0.238 e. The van der Waals surface area contributed by atoms with Gasteiger partial charge in [-0.15, -0.1) is 0 Å². The Balaban J connectivity index is 2.00. The van der Waals surface area contributed by atoms with Crippen LogP contribution < -0.4 is 16.8 Å². The topological polar surface area (TPSA) is 111 Å². The highest BCUT2D eigenvalue weighted by atomic mass is 35.5. The molecule has 0 saturated carbocycles. The zero-order valence-electron chi connectivity index (χ0n) is 11.3. The van der Waals surface area contributed by atoms with Crippen molar-refractivity contribution in [3.05, 3.63) is 23.2 Å². The predicted octanol–water partition coefficient (Wildman–Crippen LogP) is 0.0468. The second-order valence-electron chi connectivity index (χ2n) is 4.75. The van der Waals surface area contributed by atoms with E-state index in [4.69, 9.17) is 27.8 Å². The lowest BCUT2D eigenvalue weighted by Crippen LogP contribution is -2.54. The summed E-state index contributed by atoms with van der Waals surface area (Å²) in [6.07, 6.45) is 0. The largest absolute Gasteiger partial charge is 0.399 e. The van der Waals surface area contributed by atoms with E-state index in [1.54, 1.807) is 23.1 Å². The number of benzene rings is 1. The van der Waals surface area contributed by atoms with Crippen LogP contribution in [-0.4, -0.2) is 49.1 Å². The number of morpholine rings is 1. The molecular formula is C13H17ClN4O3. The number of carbonyl (C=O) groups excluding carboxylic acids is 2. The number of nitrogen functional groups attached to an aromatic ring is 1. The molecule has 1 aromatic carbocycles. The summed E-state index contributed by atoms with van der Waals surface area (Å²) >= 11 is 5.98. The van der Waals surface area contributed by atoms with Gasteiger partial charge in [-0.1, -0.05) is 11.6 Å². The molecular weight excluding hydrogens is 296 g/mol. The van der Waals surface area contributed by atoms with E-state index in [0.29, 0.717) is 29.5 Å². The molecule has 21 heavy (non-hydrogen) atoms. The van der Waals surface area contributed by atoms with Crippen molar-refractivity contribution in [2.24, 2.45) is 5.73 Å². The third kappa shape index (κ3) is 4.07. The highest BCUT2D eigenvalue weighted by molar-refractivity contribution is 6.33. The van der Waals surface area contributed by atoms with Crippen LogP contribution in [0.1, 0.15) is 0 Å². The molecule has 0 spiro atoms. The Labute approximate surface area is 127 Å². The number of ether oxygens (including phenoxy) is 1. The van der Waals surface area contributed by atoms with Gasteiger partial charge in [0.25, 0.3) is 0 Å². The second kappa shape index (κ2) is 6.75. The van der Waals surface area contributed by atoms with Crippen LogP contribution >= 0.6 is 11.6 Å². The van der Waals surface area contributed by atoms with Crippen molar-refractivity contribution >= 4 is 34.8 Å². The lowest BCUT2D eigenvalue weighted by atomic mass is 10.2. The Morgan fingerprint density at radius 3 is 2.95 bits per heavy atom. The number of rotatable bonds is 4. The molecule has 5 N–H and O–H groups in total. The third-order valence-electron chi connectivity index (χ3n) is 3.18. The molecule has 8 heteroatoms. The standard InChI is InChI=1S/C13H17ClN4O3/c14-9-2-1-8(15)5-10(9)17-12(19)6-18-3-4-21-7-11(18)13(16)20/h1-2,5,11H,3-4,6-7,15H2,(H2,16,20)(H,17,19). The van der Waals surface area contributed by atoms with Gasteiger partial charge in [0.1, 0.15) is 6.04 Å². The van der Waals surface area contributed by atoms with E-state index >= 15 is 0 Å². The monoisotopic (exact) mass is 312 g/mol. The van der Waals surface area contributed by atoms with Gasteiger partial charge in [0, 0.05) is 12.2 Å². The highest BCUT2D eigenvalue weighted by Crippen LogP contribution is 2.24. The molecule has 1 fully saturated rings. The van der Waals surface area contributed by atoms with Gasteiger partial charge in [0.05, 0.1) is 30.5 Å². The average molecular weight is 313 g/mol. The summed E-state index contributed by atoms with van der Waals surface area (Å²) in [5.74, 6) is -0.805. The minimum Gasteiger partial charge on any atom is -0.399 e. The van der Waals surface area contributed by atoms with Crippen LogP contribution in [0.3, 0.4) is 0 Å². The van der Waals surface area contributed by atoms with Gasteiger partial charge in [0.15, 0.2) is 0 Å². The number of hydrogen-bond donors (Lipinski definition) is 3. The van der Waals surface area contributed by atoms with Gasteiger partial charge in [-0.3, -0.25) is 14.5 Å². The highest BCUT2D eigenvalue weighted by Gasteiger charge is 2.29. The first-order valence-corrected chi connectivity index (χ1v) is 6.81. The lowest BCUT2D eigenvalue weighted by Gasteiger charge is -2.32. The number of hydrogen-bond acceptors (Lipinski definition) is 5.